The summed E-state index contributed by atoms with van der Waals surface area (Å²) in [6.45, 7) is 4.46. The monoisotopic (exact) mass is 391 g/mol. The number of nitro benzene ring substituents is 1. The minimum atomic E-state index is -0.445. The van der Waals surface area contributed by atoms with Crippen molar-refractivity contribution in [1.29, 1.82) is 0 Å². The van der Waals surface area contributed by atoms with E-state index in [0.29, 0.717) is 25.1 Å². The Hall–Kier alpha value is -3.94. The molecule has 0 saturated carbocycles. The molecule has 8 heteroatoms. The molecule has 2 aromatic carbocycles. The van der Waals surface area contributed by atoms with Crippen LogP contribution in [0.3, 0.4) is 0 Å². The summed E-state index contributed by atoms with van der Waals surface area (Å²) >= 11 is 0. The molecule has 0 aliphatic heterocycles. The maximum Gasteiger partial charge on any atom is 0.269 e. The number of amides is 1. The molecule has 8 nitrogen and oxygen atoms in total. The van der Waals surface area contributed by atoms with Crippen molar-refractivity contribution in [2.75, 3.05) is 6.54 Å². The molecule has 29 heavy (non-hydrogen) atoms. The van der Waals surface area contributed by atoms with Crippen molar-refractivity contribution < 1.29 is 9.72 Å². The van der Waals surface area contributed by atoms with E-state index in [1.807, 2.05) is 30.5 Å². The second-order valence-corrected chi connectivity index (χ2v) is 6.40. The molecule has 0 aliphatic rings. The van der Waals surface area contributed by atoms with E-state index in [0.717, 1.165) is 22.0 Å². The lowest BCUT2D eigenvalue weighted by atomic mass is 10.1. The van der Waals surface area contributed by atoms with Gasteiger partial charge in [-0.05, 0) is 30.2 Å². The fraction of sp³-hybridized carbons (Fsp3) is 0.143. The lowest BCUT2D eigenvalue weighted by Crippen LogP contribution is -2.20. The standard InChI is InChI=1S/C21H21N5O3/c1-15(16-8-10-18(11-9-16)26(28)29)22-12-4-7-21(27)25-24-14-17-13-23-20-6-3-2-5-19(17)20/h2-3,5-6,8-11,13-14,22-23H,1,4,7,12H2,(H,25,27)/b24-14-. The van der Waals surface area contributed by atoms with Gasteiger partial charge in [0.25, 0.3) is 5.69 Å². The van der Waals surface area contributed by atoms with Gasteiger partial charge in [-0.2, -0.15) is 5.10 Å². The Labute approximate surface area is 167 Å². The molecule has 3 N–H and O–H groups in total. The van der Waals surface area contributed by atoms with E-state index in [9.17, 15) is 14.9 Å². The molecule has 0 bridgehead atoms. The van der Waals surface area contributed by atoms with E-state index in [2.05, 4.69) is 27.4 Å². The zero-order chi connectivity index (χ0) is 20.6. The van der Waals surface area contributed by atoms with Crippen LogP contribution in [0, 0.1) is 10.1 Å². The largest absolute Gasteiger partial charge is 0.385 e. The van der Waals surface area contributed by atoms with Gasteiger partial charge in [-0.1, -0.05) is 24.8 Å². The molecule has 0 radical (unpaired) electrons. The van der Waals surface area contributed by atoms with Gasteiger partial charge in [-0.25, -0.2) is 5.43 Å². The van der Waals surface area contributed by atoms with E-state index >= 15 is 0 Å². The molecule has 148 valence electrons. The number of carbonyl (C=O) groups excluding carboxylic acids is 1. The topological polar surface area (TPSA) is 112 Å². The zero-order valence-corrected chi connectivity index (χ0v) is 15.7. The summed E-state index contributed by atoms with van der Waals surface area (Å²) < 4.78 is 0. The Morgan fingerprint density at radius 1 is 1.21 bits per heavy atom. The Morgan fingerprint density at radius 3 is 2.72 bits per heavy atom. The molecule has 0 unspecified atom stereocenters. The molecule has 0 fully saturated rings. The SMILES string of the molecule is C=C(NCCCC(=O)N/N=C\c1c[nH]c2ccccc12)c1ccc([N+](=O)[O-])cc1. The highest BCUT2D eigenvalue weighted by Gasteiger charge is 2.06. The number of nitrogens with zero attached hydrogens (tertiary/aromatic N) is 2. The van der Waals surface area contributed by atoms with Gasteiger partial charge in [0, 0.05) is 53.5 Å². The van der Waals surface area contributed by atoms with Crippen LogP contribution >= 0.6 is 0 Å². The summed E-state index contributed by atoms with van der Waals surface area (Å²) in [7, 11) is 0. The van der Waals surface area contributed by atoms with Crippen LogP contribution in [0.15, 0.2) is 66.4 Å². The average Bonchev–Trinajstić information content (AvgIpc) is 3.14. The van der Waals surface area contributed by atoms with Crippen LogP contribution in [0.1, 0.15) is 24.0 Å². The third kappa shape index (κ3) is 5.29. The Balaban J connectivity index is 1.38. The Kier molecular flexibility index (Phi) is 6.36. The number of H-pyrrole nitrogens is 1. The number of hydrogen-bond donors (Lipinski definition) is 3. The van der Waals surface area contributed by atoms with Crippen LogP contribution in [-0.4, -0.2) is 28.6 Å². The number of aromatic amines is 1. The van der Waals surface area contributed by atoms with Gasteiger partial charge in [0.2, 0.25) is 5.91 Å². The minimum absolute atomic E-state index is 0.0337. The first-order valence-corrected chi connectivity index (χ1v) is 9.10. The number of hydrogen-bond acceptors (Lipinski definition) is 5. The maximum absolute atomic E-state index is 11.9. The first-order chi connectivity index (χ1) is 14.0. The van der Waals surface area contributed by atoms with Gasteiger partial charge in [-0.3, -0.25) is 14.9 Å². The van der Waals surface area contributed by atoms with E-state index in [1.165, 1.54) is 12.1 Å². The summed E-state index contributed by atoms with van der Waals surface area (Å²) in [6.07, 6.45) is 4.37. The third-order valence-electron chi connectivity index (χ3n) is 4.36. The van der Waals surface area contributed by atoms with Gasteiger partial charge < -0.3 is 10.3 Å². The van der Waals surface area contributed by atoms with Crippen LogP contribution in [0.4, 0.5) is 5.69 Å². The molecule has 1 heterocycles. The van der Waals surface area contributed by atoms with E-state index in [1.54, 1.807) is 18.3 Å². The van der Waals surface area contributed by atoms with Crippen LogP contribution in [0.25, 0.3) is 16.6 Å². The second-order valence-electron chi connectivity index (χ2n) is 6.40. The minimum Gasteiger partial charge on any atom is -0.385 e. The number of nitro groups is 1. The number of benzene rings is 2. The highest BCUT2D eigenvalue weighted by Crippen LogP contribution is 2.16. The Bertz CT molecular complexity index is 1050. The lowest BCUT2D eigenvalue weighted by molar-refractivity contribution is -0.384. The van der Waals surface area contributed by atoms with Crippen LogP contribution in [0.5, 0.6) is 0 Å². The van der Waals surface area contributed by atoms with Crippen molar-refractivity contribution in [2.45, 2.75) is 12.8 Å². The van der Waals surface area contributed by atoms with Crippen molar-refractivity contribution in [2.24, 2.45) is 5.10 Å². The van der Waals surface area contributed by atoms with Gasteiger partial charge in [0.1, 0.15) is 0 Å². The summed E-state index contributed by atoms with van der Waals surface area (Å²) in [6, 6.07) is 14.0. The van der Waals surface area contributed by atoms with E-state index in [-0.39, 0.29) is 11.6 Å². The molecular formula is C21H21N5O3. The summed E-state index contributed by atoms with van der Waals surface area (Å²) in [4.78, 5) is 25.3. The maximum atomic E-state index is 11.9. The van der Waals surface area contributed by atoms with Gasteiger partial charge in [0.05, 0.1) is 11.1 Å². The van der Waals surface area contributed by atoms with Crippen LogP contribution in [0.2, 0.25) is 0 Å². The lowest BCUT2D eigenvalue weighted by Gasteiger charge is -2.09. The number of non-ortho nitro benzene ring substituents is 1. The number of carbonyl (C=O) groups is 1. The van der Waals surface area contributed by atoms with Gasteiger partial charge >= 0.3 is 0 Å². The molecular weight excluding hydrogens is 370 g/mol. The van der Waals surface area contributed by atoms with Gasteiger partial charge in [0.15, 0.2) is 0 Å². The number of para-hydroxylation sites is 1. The van der Waals surface area contributed by atoms with Crippen molar-refractivity contribution in [3.05, 3.63) is 82.5 Å². The van der Waals surface area contributed by atoms with E-state index in [4.69, 9.17) is 0 Å². The first kappa shape index (κ1) is 19.8. The van der Waals surface area contributed by atoms with E-state index < -0.39 is 4.92 Å². The molecule has 0 saturated heterocycles. The second kappa shape index (κ2) is 9.32. The fourth-order valence-corrected chi connectivity index (χ4v) is 2.81. The molecule has 1 amide bonds. The molecule has 3 aromatic rings. The molecule has 3 rings (SSSR count). The summed E-state index contributed by atoms with van der Waals surface area (Å²) in [5.74, 6) is -0.177. The number of aromatic nitrogens is 1. The summed E-state index contributed by atoms with van der Waals surface area (Å²) in [5.41, 5.74) is 5.89. The highest BCUT2D eigenvalue weighted by molar-refractivity contribution is 5.99. The predicted molar refractivity (Wildman–Crippen MR) is 113 cm³/mol. The molecule has 1 aromatic heterocycles. The summed E-state index contributed by atoms with van der Waals surface area (Å²) in [5, 5.41) is 18.8. The Morgan fingerprint density at radius 2 is 1.97 bits per heavy atom. The normalized spacial score (nSPS) is 10.9. The number of nitrogens with one attached hydrogen (secondary N) is 3. The number of fused-ring (bicyclic) bond motifs is 1. The average molecular weight is 391 g/mol. The van der Waals surface area contributed by atoms with Crippen molar-refractivity contribution in [3.63, 3.8) is 0 Å². The third-order valence-corrected chi connectivity index (χ3v) is 4.36. The van der Waals surface area contributed by atoms with Crippen LogP contribution < -0.4 is 10.7 Å². The predicted octanol–water partition coefficient (Wildman–Crippen LogP) is 3.57. The van der Waals surface area contributed by atoms with Crippen LogP contribution in [-0.2, 0) is 4.79 Å². The number of hydrazone groups is 1. The first-order valence-electron chi connectivity index (χ1n) is 9.10. The molecule has 0 atom stereocenters. The zero-order valence-electron chi connectivity index (χ0n) is 15.7. The fourth-order valence-electron chi connectivity index (χ4n) is 2.81. The molecule has 0 aliphatic carbocycles. The van der Waals surface area contributed by atoms with Crippen molar-refractivity contribution >= 4 is 34.4 Å². The van der Waals surface area contributed by atoms with Crippen molar-refractivity contribution in [3.8, 4) is 0 Å². The highest BCUT2D eigenvalue weighted by atomic mass is 16.6. The molecule has 0 spiro atoms. The smallest absolute Gasteiger partial charge is 0.269 e. The van der Waals surface area contributed by atoms with Gasteiger partial charge in [-0.15, -0.1) is 0 Å². The quantitative estimate of drug-likeness (QED) is 0.224. The van der Waals surface area contributed by atoms with Crippen molar-refractivity contribution in [1.82, 2.24) is 15.7 Å². The number of rotatable bonds is 9.